The minimum absolute atomic E-state index is 0. The highest BCUT2D eigenvalue weighted by Crippen LogP contribution is 2.22. The molecule has 1 aromatic carbocycles. The molecular weight excluding hydrogens is 296 g/mol. The van der Waals surface area contributed by atoms with Crippen molar-refractivity contribution in [3.8, 4) is 11.3 Å². The molecule has 2 aromatic rings. The van der Waals surface area contributed by atoms with Gasteiger partial charge in [-0.25, -0.2) is 0 Å². The maximum Gasteiger partial charge on any atom is 0.137 e. The summed E-state index contributed by atoms with van der Waals surface area (Å²) in [7, 11) is 0. The molecule has 3 rings (SSSR count). The first kappa shape index (κ1) is 17.0. The zero-order chi connectivity index (χ0) is 14.5. The molecule has 2 heterocycles. The van der Waals surface area contributed by atoms with E-state index in [1.54, 1.807) is 0 Å². The first-order chi connectivity index (χ1) is 10.3. The average molecular weight is 321 g/mol. The largest absolute Gasteiger partial charge is 0.361 e. The zero-order valence-corrected chi connectivity index (χ0v) is 14.0. The minimum Gasteiger partial charge on any atom is -0.361 e. The number of hydrogen-bond donors (Lipinski definition) is 0. The number of nitrogens with zero attached hydrogens (tertiary/aromatic N) is 2. The van der Waals surface area contributed by atoms with Crippen molar-refractivity contribution < 1.29 is 4.52 Å². The molecule has 120 valence electrons. The maximum atomic E-state index is 5.55. The number of rotatable bonds is 6. The van der Waals surface area contributed by atoms with E-state index in [1.807, 2.05) is 18.2 Å². The van der Waals surface area contributed by atoms with Crippen LogP contribution in [-0.4, -0.2) is 29.7 Å². The van der Waals surface area contributed by atoms with Crippen molar-refractivity contribution in [1.82, 2.24) is 10.1 Å². The Morgan fingerprint density at radius 3 is 2.59 bits per heavy atom. The molecule has 0 aliphatic carbocycles. The lowest BCUT2D eigenvalue weighted by atomic mass is 9.99. The number of benzene rings is 1. The Labute approximate surface area is 139 Å². The number of halogens is 1. The van der Waals surface area contributed by atoms with Crippen LogP contribution in [0.5, 0.6) is 0 Å². The molecule has 0 N–H and O–H groups in total. The standard InChI is InChI=1S/C18H24N2O.ClH/c1-2-15(14-20-10-6-7-11-20)12-17-13-18(19-21-17)16-8-4-3-5-9-16;/h3-5,8-9,13,15H,2,6-7,10-12,14H2,1H3;1H. The van der Waals surface area contributed by atoms with Crippen molar-refractivity contribution in [1.29, 1.82) is 0 Å². The van der Waals surface area contributed by atoms with Crippen molar-refractivity contribution in [3.05, 3.63) is 42.2 Å². The Kier molecular flexibility index (Phi) is 6.47. The maximum absolute atomic E-state index is 5.55. The van der Waals surface area contributed by atoms with Gasteiger partial charge in [-0.2, -0.15) is 0 Å². The smallest absolute Gasteiger partial charge is 0.137 e. The van der Waals surface area contributed by atoms with Gasteiger partial charge in [0.1, 0.15) is 11.5 Å². The second-order valence-electron chi connectivity index (χ2n) is 6.03. The highest BCUT2D eigenvalue weighted by Gasteiger charge is 2.18. The van der Waals surface area contributed by atoms with E-state index in [0.29, 0.717) is 5.92 Å². The van der Waals surface area contributed by atoms with Crippen LogP contribution in [0.3, 0.4) is 0 Å². The second-order valence-corrected chi connectivity index (χ2v) is 6.03. The zero-order valence-electron chi connectivity index (χ0n) is 13.2. The van der Waals surface area contributed by atoms with E-state index in [2.05, 4.69) is 35.2 Å². The van der Waals surface area contributed by atoms with E-state index in [9.17, 15) is 0 Å². The molecule has 1 fully saturated rings. The summed E-state index contributed by atoms with van der Waals surface area (Å²) in [5.74, 6) is 1.68. The predicted molar refractivity (Wildman–Crippen MR) is 92.3 cm³/mol. The summed E-state index contributed by atoms with van der Waals surface area (Å²) in [4.78, 5) is 2.59. The Balaban J connectivity index is 0.00000176. The average Bonchev–Trinajstić information content (AvgIpc) is 3.19. The van der Waals surface area contributed by atoms with E-state index >= 15 is 0 Å². The summed E-state index contributed by atoms with van der Waals surface area (Å²) in [6, 6.07) is 12.3. The quantitative estimate of drug-likeness (QED) is 0.788. The van der Waals surface area contributed by atoms with Crippen LogP contribution in [0.1, 0.15) is 31.9 Å². The molecule has 1 aliphatic heterocycles. The molecule has 0 spiro atoms. The third-order valence-corrected chi connectivity index (χ3v) is 4.41. The molecule has 1 aliphatic rings. The first-order valence-corrected chi connectivity index (χ1v) is 8.08. The molecular formula is C18H25ClN2O. The molecule has 1 aromatic heterocycles. The monoisotopic (exact) mass is 320 g/mol. The summed E-state index contributed by atoms with van der Waals surface area (Å²) >= 11 is 0. The van der Waals surface area contributed by atoms with Gasteiger partial charge in [0.2, 0.25) is 0 Å². The van der Waals surface area contributed by atoms with Crippen LogP contribution in [-0.2, 0) is 6.42 Å². The molecule has 0 amide bonds. The van der Waals surface area contributed by atoms with Crippen LogP contribution < -0.4 is 0 Å². The fourth-order valence-electron chi connectivity index (χ4n) is 3.11. The third kappa shape index (κ3) is 4.34. The van der Waals surface area contributed by atoms with E-state index in [1.165, 1.54) is 38.9 Å². The van der Waals surface area contributed by atoms with Crippen LogP contribution in [0.15, 0.2) is 40.9 Å². The summed E-state index contributed by atoms with van der Waals surface area (Å²) in [6.07, 6.45) is 4.90. The van der Waals surface area contributed by atoms with Gasteiger partial charge in [0.25, 0.3) is 0 Å². The molecule has 1 unspecified atom stereocenters. The van der Waals surface area contributed by atoms with Crippen LogP contribution in [0.4, 0.5) is 0 Å². The van der Waals surface area contributed by atoms with Gasteiger partial charge in [-0.05, 0) is 31.8 Å². The lowest BCUT2D eigenvalue weighted by Crippen LogP contribution is -2.27. The summed E-state index contributed by atoms with van der Waals surface area (Å²) in [5, 5.41) is 4.22. The van der Waals surface area contributed by atoms with Crippen LogP contribution in [0.2, 0.25) is 0 Å². The molecule has 0 saturated carbocycles. The fraction of sp³-hybridized carbons (Fsp3) is 0.500. The molecule has 0 bridgehead atoms. The molecule has 1 saturated heterocycles. The molecule has 3 nitrogen and oxygen atoms in total. The van der Waals surface area contributed by atoms with Gasteiger partial charge in [0, 0.05) is 24.6 Å². The first-order valence-electron chi connectivity index (χ1n) is 8.08. The third-order valence-electron chi connectivity index (χ3n) is 4.41. The topological polar surface area (TPSA) is 29.3 Å². The molecule has 4 heteroatoms. The number of aromatic nitrogens is 1. The van der Waals surface area contributed by atoms with Gasteiger partial charge >= 0.3 is 0 Å². The van der Waals surface area contributed by atoms with Crippen LogP contribution in [0.25, 0.3) is 11.3 Å². The summed E-state index contributed by atoms with van der Waals surface area (Å²) in [5.41, 5.74) is 2.07. The van der Waals surface area contributed by atoms with Crippen LogP contribution >= 0.6 is 12.4 Å². The summed E-state index contributed by atoms with van der Waals surface area (Å²) in [6.45, 7) is 6.00. The molecule has 22 heavy (non-hydrogen) atoms. The number of likely N-dealkylation sites (tertiary alicyclic amines) is 1. The van der Waals surface area contributed by atoms with Crippen LogP contribution in [0, 0.1) is 5.92 Å². The SMILES string of the molecule is CCC(Cc1cc(-c2ccccc2)no1)CN1CCCC1.Cl. The van der Waals surface area contributed by atoms with E-state index in [4.69, 9.17) is 4.52 Å². The molecule has 0 radical (unpaired) electrons. The Bertz CT molecular complexity index is 549. The van der Waals surface area contributed by atoms with Gasteiger partial charge in [-0.1, -0.05) is 48.8 Å². The van der Waals surface area contributed by atoms with Gasteiger partial charge in [0.05, 0.1) is 0 Å². The lowest BCUT2D eigenvalue weighted by Gasteiger charge is -2.21. The van der Waals surface area contributed by atoms with Crippen molar-refractivity contribution in [2.45, 2.75) is 32.6 Å². The fourth-order valence-corrected chi connectivity index (χ4v) is 3.11. The van der Waals surface area contributed by atoms with Gasteiger partial charge < -0.3 is 9.42 Å². The van der Waals surface area contributed by atoms with Crippen molar-refractivity contribution in [3.63, 3.8) is 0 Å². The number of hydrogen-bond acceptors (Lipinski definition) is 3. The Morgan fingerprint density at radius 1 is 1.18 bits per heavy atom. The summed E-state index contributed by atoms with van der Waals surface area (Å²) < 4.78 is 5.55. The van der Waals surface area contributed by atoms with Crippen molar-refractivity contribution in [2.24, 2.45) is 5.92 Å². The van der Waals surface area contributed by atoms with E-state index < -0.39 is 0 Å². The van der Waals surface area contributed by atoms with E-state index in [0.717, 1.165) is 23.4 Å². The second kappa shape index (κ2) is 8.35. The highest BCUT2D eigenvalue weighted by molar-refractivity contribution is 5.85. The molecule has 1 atom stereocenters. The lowest BCUT2D eigenvalue weighted by molar-refractivity contribution is 0.257. The van der Waals surface area contributed by atoms with Crippen molar-refractivity contribution >= 4 is 12.4 Å². The normalized spacial score (nSPS) is 16.4. The highest BCUT2D eigenvalue weighted by atomic mass is 35.5. The van der Waals surface area contributed by atoms with Gasteiger partial charge in [-0.15, -0.1) is 12.4 Å². The minimum atomic E-state index is 0. The van der Waals surface area contributed by atoms with E-state index in [-0.39, 0.29) is 12.4 Å². The van der Waals surface area contributed by atoms with Crippen molar-refractivity contribution in [2.75, 3.05) is 19.6 Å². The Morgan fingerprint density at radius 2 is 1.91 bits per heavy atom. The Hall–Kier alpha value is -1.32. The van der Waals surface area contributed by atoms with Gasteiger partial charge in [-0.3, -0.25) is 0 Å². The van der Waals surface area contributed by atoms with Gasteiger partial charge in [0.15, 0.2) is 0 Å². The predicted octanol–water partition coefficient (Wildman–Crippen LogP) is 4.43.